The maximum Gasteiger partial charge on any atom is 0.228 e. The van der Waals surface area contributed by atoms with Gasteiger partial charge >= 0.3 is 0 Å². The van der Waals surface area contributed by atoms with Gasteiger partial charge in [-0.2, -0.15) is 4.98 Å². The van der Waals surface area contributed by atoms with Crippen LogP contribution in [0, 0.1) is 0 Å². The Bertz CT molecular complexity index is 630. The summed E-state index contributed by atoms with van der Waals surface area (Å²) < 4.78 is 5.47. The van der Waals surface area contributed by atoms with Crippen LogP contribution >= 0.6 is 0 Å². The minimum atomic E-state index is 0.693. The molecule has 1 aliphatic carbocycles. The van der Waals surface area contributed by atoms with E-state index in [1.807, 2.05) is 12.3 Å². The minimum Gasteiger partial charge on any atom is -0.379 e. The molecule has 1 aromatic heterocycles. The molecule has 4 rings (SSSR count). The van der Waals surface area contributed by atoms with E-state index in [1.165, 1.54) is 18.5 Å². The Balaban J connectivity index is 1.35. The highest BCUT2D eigenvalue weighted by molar-refractivity contribution is 5.46. The Morgan fingerprint density at radius 2 is 1.96 bits per heavy atom. The molecule has 25 heavy (non-hydrogen) atoms. The fraction of sp³-hybridized carbons (Fsp3) is 0.579. The van der Waals surface area contributed by atoms with Crippen LogP contribution in [0.25, 0.3) is 0 Å². The Hall–Kier alpha value is -1.92. The summed E-state index contributed by atoms with van der Waals surface area (Å²) >= 11 is 0. The predicted molar refractivity (Wildman–Crippen MR) is 99.7 cm³/mol. The molecule has 6 nitrogen and oxygen atoms in total. The Morgan fingerprint density at radius 1 is 1.12 bits per heavy atom. The van der Waals surface area contributed by atoms with Crippen molar-refractivity contribution in [2.75, 3.05) is 49.6 Å². The van der Waals surface area contributed by atoms with Crippen molar-refractivity contribution in [3.05, 3.63) is 36.2 Å². The first-order valence-corrected chi connectivity index (χ1v) is 9.41. The SMILES string of the molecule is C1=CCCC(Nc2nccc(N3CCC(N4CCOCC4)CC3)n2)=C1. The molecule has 0 radical (unpaired) electrons. The standard InChI is InChI=1S/C19H27N5O/c1-2-4-16(5-3-1)21-19-20-9-6-18(22-19)24-10-7-17(8-11-24)23-12-14-25-15-13-23/h1-2,4,6,9,17H,3,5,7-8,10-15H2,(H,20,21,22). The summed E-state index contributed by atoms with van der Waals surface area (Å²) in [7, 11) is 0. The second-order valence-corrected chi connectivity index (χ2v) is 6.89. The molecule has 2 saturated heterocycles. The van der Waals surface area contributed by atoms with Crippen LogP contribution in [0.2, 0.25) is 0 Å². The average Bonchev–Trinajstić information content (AvgIpc) is 2.70. The molecule has 2 aliphatic heterocycles. The van der Waals surface area contributed by atoms with Crippen LogP contribution in [-0.2, 0) is 4.74 Å². The van der Waals surface area contributed by atoms with E-state index in [-0.39, 0.29) is 0 Å². The van der Waals surface area contributed by atoms with Gasteiger partial charge in [0, 0.05) is 44.1 Å². The summed E-state index contributed by atoms with van der Waals surface area (Å²) in [5.74, 6) is 1.74. The number of allylic oxidation sites excluding steroid dienone is 4. The predicted octanol–water partition coefficient (Wildman–Crippen LogP) is 2.42. The highest BCUT2D eigenvalue weighted by Gasteiger charge is 2.26. The van der Waals surface area contributed by atoms with E-state index < -0.39 is 0 Å². The molecule has 0 spiro atoms. The summed E-state index contributed by atoms with van der Waals surface area (Å²) in [6, 6.07) is 2.72. The van der Waals surface area contributed by atoms with Crippen molar-refractivity contribution >= 4 is 11.8 Å². The first kappa shape index (κ1) is 16.5. The highest BCUT2D eigenvalue weighted by atomic mass is 16.5. The van der Waals surface area contributed by atoms with Gasteiger partial charge in [0.25, 0.3) is 0 Å². The van der Waals surface area contributed by atoms with Gasteiger partial charge in [0.2, 0.25) is 5.95 Å². The third kappa shape index (κ3) is 4.19. The normalized spacial score (nSPS) is 22.7. The van der Waals surface area contributed by atoms with Crippen molar-refractivity contribution in [1.82, 2.24) is 14.9 Å². The Labute approximate surface area is 149 Å². The summed E-state index contributed by atoms with van der Waals surface area (Å²) in [5, 5.41) is 3.36. The lowest BCUT2D eigenvalue weighted by Gasteiger charge is -2.40. The number of nitrogens with one attached hydrogen (secondary N) is 1. The van der Waals surface area contributed by atoms with Crippen LogP contribution in [0.4, 0.5) is 11.8 Å². The molecule has 134 valence electrons. The Kier molecular flexibility index (Phi) is 5.28. The van der Waals surface area contributed by atoms with Crippen LogP contribution < -0.4 is 10.2 Å². The van der Waals surface area contributed by atoms with Gasteiger partial charge in [-0.15, -0.1) is 0 Å². The quantitative estimate of drug-likeness (QED) is 0.908. The maximum atomic E-state index is 5.47. The summed E-state index contributed by atoms with van der Waals surface area (Å²) in [4.78, 5) is 14.1. The topological polar surface area (TPSA) is 53.5 Å². The third-order valence-electron chi connectivity index (χ3n) is 5.28. The van der Waals surface area contributed by atoms with E-state index in [4.69, 9.17) is 9.72 Å². The van der Waals surface area contributed by atoms with Crippen molar-refractivity contribution < 1.29 is 4.74 Å². The van der Waals surface area contributed by atoms with E-state index in [2.05, 4.69) is 38.3 Å². The molecule has 0 unspecified atom stereocenters. The van der Waals surface area contributed by atoms with Crippen molar-refractivity contribution in [1.29, 1.82) is 0 Å². The van der Waals surface area contributed by atoms with Gasteiger partial charge in [-0.05, 0) is 37.8 Å². The number of aromatic nitrogens is 2. The zero-order valence-corrected chi connectivity index (χ0v) is 14.7. The van der Waals surface area contributed by atoms with Gasteiger partial charge in [-0.3, -0.25) is 4.90 Å². The monoisotopic (exact) mass is 341 g/mol. The number of piperidine rings is 1. The lowest BCUT2D eigenvalue weighted by atomic mass is 10.0. The lowest BCUT2D eigenvalue weighted by Crippen LogP contribution is -2.49. The van der Waals surface area contributed by atoms with Gasteiger partial charge in [0.15, 0.2) is 0 Å². The molecule has 1 N–H and O–H groups in total. The first-order chi connectivity index (χ1) is 12.4. The maximum absolute atomic E-state index is 5.47. The minimum absolute atomic E-state index is 0.693. The number of hydrogen-bond donors (Lipinski definition) is 1. The van der Waals surface area contributed by atoms with Gasteiger partial charge in [0.05, 0.1) is 13.2 Å². The fourth-order valence-electron chi connectivity index (χ4n) is 3.84. The number of rotatable bonds is 4. The third-order valence-corrected chi connectivity index (χ3v) is 5.28. The summed E-state index contributed by atoms with van der Waals surface area (Å²) in [5.41, 5.74) is 1.19. The van der Waals surface area contributed by atoms with Crippen molar-refractivity contribution in [3.8, 4) is 0 Å². The summed E-state index contributed by atoms with van der Waals surface area (Å²) in [6.45, 7) is 6.04. The molecule has 0 aromatic carbocycles. The molecule has 2 fully saturated rings. The van der Waals surface area contributed by atoms with Crippen molar-refractivity contribution in [2.45, 2.75) is 31.7 Å². The first-order valence-electron chi connectivity index (χ1n) is 9.41. The van der Waals surface area contributed by atoms with Crippen LogP contribution in [0.3, 0.4) is 0 Å². The second-order valence-electron chi connectivity index (χ2n) is 6.89. The Morgan fingerprint density at radius 3 is 2.72 bits per heavy atom. The molecule has 3 heterocycles. The number of anilines is 2. The zero-order chi connectivity index (χ0) is 16.9. The van der Waals surface area contributed by atoms with E-state index in [9.17, 15) is 0 Å². The van der Waals surface area contributed by atoms with Crippen LogP contribution in [-0.4, -0.2) is 60.3 Å². The van der Waals surface area contributed by atoms with E-state index in [1.54, 1.807) is 0 Å². The van der Waals surface area contributed by atoms with Gasteiger partial charge in [-0.25, -0.2) is 4.98 Å². The molecule has 6 heteroatoms. The van der Waals surface area contributed by atoms with Gasteiger partial charge in [-0.1, -0.05) is 12.2 Å². The molecule has 3 aliphatic rings. The van der Waals surface area contributed by atoms with E-state index in [0.29, 0.717) is 12.0 Å². The van der Waals surface area contributed by atoms with E-state index in [0.717, 1.165) is 58.1 Å². The number of morpholine rings is 1. The van der Waals surface area contributed by atoms with Crippen LogP contribution in [0.15, 0.2) is 36.2 Å². The fourth-order valence-corrected chi connectivity index (χ4v) is 3.84. The van der Waals surface area contributed by atoms with Gasteiger partial charge in [0.1, 0.15) is 5.82 Å². The lowest BCUT2D eigenvalue weighted by molar-refractivity contribution is 0.0115. The molecule has 0 amide bonds. The van der Waals surface area contributed by atoms with Crippen molar-refractivity contribution in [3.63, 3.8) is 0 Å². The van der Waals surface area contributed by atoms with Crippen LogP contribution in [0.5, 0.6) is 0 Å². The number of hydrogen-bond acceptors (Lipinski definition) is 6. The molecule has 0 saturated carbocycles. The number of nitrogens with zero attached hydrogens (tertiary/aromatic N) is 4. The molecule has 0 atom stereocenters. The summed E-state index contributed by atoms with van der Waals surface area (Å²) in [6.07, 6.45) is 12.7. The molecular formula is C19H27N5O. The highest BCUT2D eigenvalue weighted by Crippen LogP contribution is 2.23. The molecule has 1 aromatic rings. The smallest absolute Gasteiger partial charge is 0.228 e. The largest absolute Gasteiger partial charge is 0.379 e. The van der Waals surface area contributed by atoms with Crippen LogP contribution in [0.1, 0.15) is 25.7 Å². The molecular weight excluding hydrogens is 314 g/mol. The number of ether oxygens (including phenoxy) is 1. The average molecular weight is 341 g/mol. The second kappa shape index (κ2) is 7.97. The van der Waals surface area contributed by atoms with E-state index >= 15 is 0 Å². The van der Waals surface area contributed by atoms with Crippen molar-refractivity contribution in [2.24, 2.45) is 0 Å². The van der Waals surface area contributed by atoms with Gasteiger partial charge < -0.3 is 15.0 Å². The zero-order valence-electron chi connectivity index (χ0n) is 14.7. The molecule has 0 bridgehead atoms.